The van der Waals surface area contributed by atoms with Crippen LogP contribution in [-0.4, -0.2) is 42.9 Å². The maximum Gasteiger partial charge on any atom is 0.407 e. The third kappa shape index (κ3) is 9.44. The summed E-state index contributed by atoms with van der Waals surface area (Å²) in [4.78, 5) is 24.6. The van der Waals surface area contributed by atoms with Gasteiger partial charge < -0.3 is 14.8 Å². The van der Waals surface area contributed by atoms with Gasteiger partial charge in [0, 0.05) is 0 Å². The summed E-state index contributed by atoms with van der Waals surface area (Å²) in [6.07, 6.45) is 0.301. The maximum atomic E-state index is 12.4. The standard InChI is InChI=1S/C22H33N3O4/c1-15(2)12-18(20(26)28-6)24-19(14-23)17(13-16-10-8-7-9-11-16)25-21(27)29-22(3,4)5/h7-11,15,17-19,24H,12-13H2,1-6H3,(H,25,27)/t17-,18+,19+/m0/s1. The van der Waals surface area contributed by atoms with Crippen LogP contribution in [0.3, 0.4) is 0 Å². The van der Waals surface area contributed by atoms with Crippen molar-refractivity contribution >= 4 is 12.1 Å². The molecule has 3 atom stereocenters. The minimum absolute atomic E-state index is 0.220. The molecule has 29 heavy (non-hydrogen) atoms. The van der Waals surface area contributed by atoms with Crippen LogP contribution in [0.5, 0.6) is 0 Å². The number of carbonyl (C=O) groups excluding carboxylic acids is 2. The Morgan fingerprint density at radius 1 is 1.17 bits per heavy atom. The van der Waals surface area contributed by atoms with Crippen molar-refractivity contribution in [2.45, 2.75) is 71.2 Å². The van der Waals surface area contributed by atoms with Gasteiger partial charge in [-0.3, -0.25) is 10.1 Å². The van der Waals surface area contributed by atoms with Gasteiger partial charge in [0.1, 0.15) is 17.7 Å². The van der Waals surface area contributed by atoms with E-state index in [1.807, 2.05) is 44.2 Å². The zero-order valence-electron chi connectivity index (χ0n) is 18.2. The lowest BCUT2D eigenvalue weighted by Gasteiger charge is -2.29. The van der Waals surface area contributed by atoms with Gasteiger partial charge in [0.25, 0.3) is 0 Å². The highest BCUT2D eigenvalue weighted by Gasteiger charge is 2.31. The quantitative estimate of drug-likeness (QED) is 0.614. The van der Waals surface area contributed by atoms with Crippen LogP contribution in [0.2, 0.25) is 0 Å². The molecule has 1 aromatic carbocycles. The molecule has 1 rings (SSSR count). The highest BCUT2D eigenvalue weighted by Crippen LogP contribution is 2.13. The molecule has 0 fully saturated rings. The third-order valence-corrected chi connectivity index (χ3v) is 4.12. The maximum absolute atomic E-state index is 12.4. The van der Waals surface area contributed by atoms with E-state index in [0.717, 1.165) is 5.56 Å². The zero-order chi connectivity index (χ0) is 22.0. The van der Waals surface area contributed by atoms with E-state index in [4.69, 9.17) is 9.47 Å². The molecule has 160 valence electrons. The number of hydrogen-bond acceptors (Lipinski definition) is 6. The minimum atomic E-state index is -0.814. The summed E-state index contributed by atoms with van der Waals surface area (Å²) in [6, 6.07) is 9.65. The van der Waals surface area contributed by atoms with Gasteiger partial charge >= 0.3 is 12.1 Å². The number of methoxy groups -OCH3 is 1. The van der Waals surface area contributed by atoms with Crippen molar-refractivity contribution in [3.63, 3.8) is 0 Å². The van der Waals surface area contributed by atoms with Crippen molar-refractivity contribution in [3.05, 3.63) is 35.9 Å². The molecule has 0 aliphatic heterocycles. The molecule has 0 saturated heterocycles. The van der Waals surface area contributed by atoms with Gasteiger partial charge in [-0.05, 0) is 45.1 Å². The van der Waals surface area contributed by atoms with Gasteiger partial charge in [-0.2, -0.15) is 5.26 Å². The average Bonchev–Trinajstić information content (AvgIpc) is 2.63. The van der Waals surface area contributed by atoms with Crippen LogP contribution in [0.4, 0.5) is 4.79 Å². The molecule has 0 aliphatic carbocycles. The first kappa shape index (κ1) is 24.4. The molecule has 0 radical (unpaired) electrons. The predicted molar refractivity (Wildman–Crippen MR) is 111 cm³/mol. The topological polar surface area (TPSA) is 100 Å². The zero-order valence-corrected chi connectivity index (χ0v) is 18.2. The largest absolute Gasteiger partial charge is 0.468 e. The van der Waals surface area contributed by atoms with Crippen molar-refractivity contribution in [1.82, 2.24) is 10.6 Å². The van der Waals surface area contributed by atoms with E-state index in [9.17, 15) is 14.9 Å². The molecule has 1 amide bonds. The summed E-state index contributed by atoms with van der Waals surface area (Å²) < 4.78 is 10.2. The van der Waals surface area contributed by atoms with Gasteiger partial charge in [-0.1, -0.05) is 44.2 Å². The van der Waals surface area contributed by atoms with Gasteiger partial charge in [-0.25, -0.2) is 4.79 Å². The first-order valence-electron chi connectivity index (χ1n) is 9.82. The Bertz CT molecular complexity index is 692. The minimum Gasteiger partial charge on any atom is -0.468 e. The third-order valence-electron chi connectivity index (χ3n) is 4.12. The Hall–Kier alpha value is -2.59. The number of nitrogens with one attached hydrogen (secondary N) is 2. The molecule has 0 heterocycles. The fourth-order valence-electron chi connectivity index (χ4n) is 2.89. The first-order valence-corrected chi connectivity index (χ1v) is 9.82. The number of esters is 1. The van der Waals surface area contributed by atoms with E-state index >= 15 is 0 Å². The first-order chi connectivity index (χ1) is 13.6. The summed E-state index contributed by atoms with van der Waals surface area (Å²) in [6.45, 7) is 9.29. The lowest BCUT2D eigenvalue weighted by Crippen LogP contribution is -2.55. The van der Waals surface area contributed by atoms with E-state index in [-0.39, 0.29) is 5.92 Å². The van der Waals surface area contributed by atoms with Crippen LogP contribution in [0.1, 0.15) is 46.6 Å². The van der Waals surface area contributed by atoms with E-state index in [0.29, 0.717) is 12.8 Å². The Labute approximate surface area is 173 Å². The number of hydrogen-bond donors (Lipinski definition) is 2. The molecule has 7 nitrogen and oxygen atoms in total. The van der Waals surface area contributed by atoms with E-state index in [1.54, 1.807) is 20.8 Å². The molecule has 0 saturated carbocycles. The molecule has 1 aromatic rings. The average molecular weight is 404 g/mol. The van der Waals surface area contributed by atoms with Crippen molar-refractivity contribution in [3.8, 4) is 6.07 Å². The van der Waals surface area contributed by atoms with Crippen molar-refractivity contribution in [2.24, 2.45) is 5.92 Å². The van der Waals surface area contributed by atoms with Crippen molar-refractivity contribution < 1.29 is 19.1 Å². The molecule has 7 heteroatoms. The van der Waals surface area contributed by atoms with Gasteiger partial charge in [0.05, 0.1) is 19.2 Å². The molecule has 0 unspecified atom stereocenters. The monoisotopic (exact) mass is 403 g/mol. The molecule has 0 bridgehead atoms. The van der Waals surface area contributed by atoms with Crippen LogP contribution in [-0.2, 0) is 20.7 Å². The van der Waals surface area contributed by atoms with Gasteiger partial charge in [0.15, 0.2) is 0 Å². The predicted octanol–water partition coefficient (Wildman–Crippen LogP) is 3.19. The second-order valence-corrected chi connectivity index (χ2v) is 8.42. The number of nitrogens with zero attached hydrogens (tertiary/aromatic N) is 1. The second kappa shape index (κ2) is 11.4. The Balaban J connectivity index is 3.06. The van der Waals surface area contributed by atoms with Crippen molar-refractivity contribution in [1.29, 1.82) is 5.26 Å². The summed E-state index contributed by atoms with van der Waals surface area (Å²) in [5, 5.41) is 15.7. The van der Waals surface area contributed by atoms with Crippen molar-refractivity contribution in [2.75, 3.05) is 7.11 Å². The SMILES string of the molecule is COC(=O)[C@@H](CC(C)C)N[C@H](C#N)[C@H](Cc1ccccc1)NC(=O)OC(C)(C)C. The summed E-state index contributed by atoms with van der Waals surface area (Å²) in [7, 11) is 1.32. The number of amides is 1. The molecule has 0 aliphatic rings. The summed E-state index contributed by atoms with van der Waals surface area (Å²) in [5.41, 5.74) is 0.289. The Kier molecular flexibility index (Phi) is 9.63. The smallest absolute Gasteiger partial charge is 0.407 e. The van der Waals surface area contributed by atoms with Crippen LogP contribution in [0.25, 0.3) is 0 Å². The number of benzene rings is 1. The van der Waals surface area contributed by atoms with Gasteiger partial charge in [0.2, 0.25) is 0 Å². The number of carbonyl (C=O) groups is 2. The van der Waals surface area contributed by atoms with E-state index < -0.39 is 35.8 Å². The highest BCUT2D eigenvalue weighted by molar-refractivity contribution is 5.75. The fourth-order valence-corrected chi connectivity index (χ4v) is 2.89. The number of rotatable bonds is 9. The molecular formula is C22H33N3O4. The number of nitriles is 1. The molecule has 2 N–H and O–H groups in total. The van der Waals surface area contributed by atoms with Crippen LogP contribution >= 0.6 is 0 Å². The second-order valence-electron chi connectivity index (χ2n) is 8.42. The molecule has 0 spiro atoms. The summed E-state index contributed by atoms with van der Waals surface area (Å²) in [5.74, 6) is -0.216. The van der Waals surface area contributed by atoms with Crippen LogP contribution in [0.15, 0.2) is 30.3 Å². The van der Waals surface area contributed by atoms with Crippen LogP contribution < -0.4 is 10.6 Å². The Morgan fingerprint density at radius 3 is 2.28 bits per heavy atom. The van der Waals surface area contributed by atoms with E-state index in [2.05, 4.69) is 16.7 Å². The fraction of sp³-hybridized carbons (Fsp3) is 0.591. The summed E-state index contributed by atoms with van der Waals surface area (Å²) >= 11 is 0. The number of alkyl carbamates (subject to hydrolysis) is 1. The lowest BCUT2D eigenvalue weighted by atomic mass is 9.97. The number of ether oxygens (including phenoxy) is 2. The van der Waals surface area contributed by atoms with Crippen LogP contribution in [0, 0.1) is 17.2 Å². The highest BCUT2D eigenvalue weighted by atomic mass is 16.6. The lowest BCUT2D eigenvalue weighted by molar-refractivity contribution is -0.143. The molecular weight excluding hydrogens is 370 g/mol. The Morgan fingerprint density at radius 2 is 1.79 bits per heavy atom. The van der Waals surface area contributed by atoms with E-state index in [1.165, 1.54) is 7.11 Å². The molecule has 0 aromatic heterocycles. The normalized spacial score (nSPS) is 14.4. The van der Waals surface area contributed by atoms with Gasteiger partial charge in [-0.15, -0.1) is 0 Å².